The lowest BCUT2D eigenvalue weighted by molar-refractivity contribution is 1.31. The number of hydrogen-bond donors (Lipinski definition) is 0. The van der Waals surface area contributed by atoms with Gasteiger partial charge in [-0.15, -0.1) is 0 Å². The molecule has 0 bridgehead atoms. The minimum absolute atomic E-state index is 0.748. The summed E-state index contributed by atoms with van der Waals surface area (Å²) in [5, 5.41) is 4.21. The molecule has 0 saturated heterocycles. The zero-order valence-electron chi connectivity index (χ0n) is 11.6. The Morgan fingerprint density at radius 1 is 0.727 bits per heavy atom. The average Bonchev–Trinajstić information content (AvgIpc) is 2.94. The van der Waals surface area contributed by atoms with Gasteiger partial charge in [0.25, 0.3) is 0 Å². The maximum absolute atomic E-state index is 6.22. The SMILES string of the molecule is Clc1ccc2c(c1)c1ccccc1n1c3ccccc3nc21. The Kier molecular flexibility index (Phi) is 2.30. The number of pyridine rings is 1. The van der Waals surface area contributed by atoms with Gasteiger partial charge < -0.3 is 0 Å². The number of aromatic nitrogens is 2. The van der Waals surface area contributed by atoms with Crippen molar-refractivity contribution in [3.63, 3.8) is 0 Å². The molecule has 2 nitrogen and oxygen atoms in total. The first-order chi connectivity index (χ1) is 10.8. The number of hydrogen-bond acceptors (Lipinski definition) is 1. The molecule has 3 heteroatoms. The third kappa shape index (κ3) is 1.48. The summed E-state index contributed by atoms with van der Waals surface area (Å²) < 4.78 is 2.24. The normalized spacial score (nSPS) is 11.9. The number of imidazole rings is 1. The topological polar surface area (TPSA) is 17.3 Å². The van der Waals surface area contributed by atoms with E-state index in [1.807, 2.05) is 18.2 Å². The van der Waals surface area contributed by atoms with Crippen LogP contribution in [0, 0.1) is 0 Å². The van der Waals surface area contributed by atoms with Gasteiger partial charge in [0.05, 0.1) is 16.6 Å². The number of rotatable bonds is 0. The minimum atomic E-state index is 0.748. The molecule has 0 radical (unpaired) electrons. The van der Waals surface area contributed by atoms with Crippen molar-refractivity contribution in [2.24, 2.45) is 0 Å². The summed E-state index contributed by atoms with van der Waals surface area (Å²) in [7, 11) is 0. The van der Waals surface area contributed by atoms with Crippen molar-refractivity contribution in [3.8, 4) is 0 Å². The molecule has 0 unspecified atom stereocenters. The predicted octanol–water partition coefficient (Wildman–Crippen LogP) is 5.45. The second-order valence-corrected chi connectivity index (χ2v) is 5.90. The summed E-state index contributed by atoms with van der Waals surface area (Å²) in [5.74, 6) is 0. The van der Waals surface area contributed by atoms with Gasteiger partial charge in [0.15, 0.2) is 0 Å². The lowest BCUT2D eigenvalue weighted by Gasteiger charge is -2.09. The first-order valence-corrected chi connectivity index (χ1v) is 7.58. The van der Waals surface area contributed by atoms with E-state index in [2.05, 4.69) is 52.9 Å². The highest BCUT2D eigenvalue weighted by Crippen LogP contribution is 2.33. The summed E-state index contributed by atoms with van der Waals surface area (Å²) >= 11 is 6.22. The maximum atomic E-state index is 6.22. The van der Waals surface area contributed by atoms with E-state index in [-0.39, 0.29) is 0 Å². The Morgan fingerprint density at radius 3 is 2.41 bits per heavy atom. The van der Waals surface area contributed by atoms with E-state index in [0.717, 1.165) is 38.0 Å². The van der Waals surface area contributed by atoms with E-state index in [1.54, 1.807) is 0 Å². The van der Waals surface area contributed by atoms with Crippen LogP contribution >= 0.6 is 11.6 Å². The molecule has 0 aliphatic heterocycles. The van der Waals surface area contributed by atoms with E-state index in [0.29, 0.717) is 0 Å². The smallest absolute Gasteiger partial charge is 0.146 e. The zero-order chi connectivity index (χ0) is 14.7. The molecule has 0 N–H and O–H groups in total. The molecular weight excluding hydrogens is 292 g/mol. The Bertz CT molecular complexity index is 1190. The molecule has 5 aromatic rings. The fourth-order valence-electron chi connectivity index (χ4n) is 3.28. The van der Waals surface area contributed by atoms with E-state index in [1.165, 1.54) is 5.39 Å². The fraction of sp³-hybridized carbons (Fsp3) is 0. The number of para-hydroxylation sites is 3. The van der Waals surface area contributed by atoms with Crippen LogP contribution in [0.25, 0.3) is 38.4 Å². The maximum Gasteiger partial charge on any atom is 0.146 e. The second kappa shape index (κ2) is 4.21. The monoisotopic (exact) mass is 302 g/mol. The van der Waals surface area contributed by atoms with Gasteiger partial charge in [-0.1, -0.05) is 41.9 Å². The Labute approximate surface area is 131 Å². The summed E-state index contributed by atoms with van der Waals surface area (Å²) in [4.78, 5) is 4.84. The highest BCUT2D eigenvalue weighted by molar-refractivity contribution is 6.32. The molecule has 22 heavy (non-hydrogen) atoms. The van der Waals surface area contributed by atoms with E-state index >= 15 is 0 Å². The predicted molar refractivity (Wildman–Crippen MR) is 92.7 cm³/mol. The van der Waals surface area contributed by atoms with Crippen LogP contribution in [0.15, 0.2) is 66.7 Å². The molecule has 2 heterocycles. The van der Waals surface area contributed by atoms with Crippen LogP contribution in [0.5, 0.6) is 0 Å². The van der Waals surface area contributed by atoms with Crippen molar-refractivity contribution in [3.05, 3.63) is 71.8 Å². The van der Waals surface area contributed by atoms with Crippen LogP contribution in [-0.4, -0.2) is 9.38 Å². The highest BCUT2D eigenvalue weighted by Gasteiger charge is 2.12. The summed E-state index contributed by atoms with van der Waals surface area (Å²) in [6, 6.07) is 22.7. The van der Waals surface area contributed by atoms with Crippen molar-refractivity contribution in [1.29, 1.82) is 0 Å². The number of fused-ring (bicyclic) bond motifs is 8. The molecule has 3 aromatic carbocycles. The van der Waals surface area contributed by atoms with Gasteiger partial charge in [0.1, 0.15) is 5.65 Å². The highest BCUT2D eigenvalue weighted by atomic mass is 35.5. The molecule has 0 aliphatic rings. The largest absolute Gasteiger partial charge is 0.292 e. The lowest BCUT2D eigenvalue weighted by Crippen LogP contribution is -1.91. The molecule has 104 valence electrons. The van der Waals surface area contributed by atoms with Crippen molar-refractivity contribution in [2.45, 2.75) is 0 Å². The van der Waals surface area contributed by atoms with Gasteiger partial charge in [-0.3, -0.25) is 4.40 Å². The molecule has 0 fully saturated rings. The van der Waals surface area contributed by atoms with Crippen molar-refractivity contribution in [2.75, 3.05) is 0 Å². The summed E-state index contributed by atoms with van der Waals surface area (Å²) in [6.45, 7) is 0. The lowest BCUT2D eigenvalue weighted by atomic mass is 10.1. The third-order valence-corrected chi connectivity index (χ3v) is 4.45. The van der Waals surface area contributed by atoms with Crippen LogP contribution in [0.2, 0.25) is 5.02 Å². The molecule has 2 aromatic heterocycles. The van der Waals surface area contributed by atoms with E-state index < -0.39 is 0 Å². The van der Waals surface area contributed by atoms with Crippen LogP contribution in [-0.2, 0) is 0 Å². The number of nitrogens with zero attached hydrogens (tertiary/aromatic N) is 2. The van der Waals surface area contributed by atoms with Crippen LogP contribution in [0.1, 0.15) is 0 Å². The first kappa shape index (κ1) is 12.0. The average molecular weight is 303 g/mol. The van der Waals surface area contributed by atoms with Crippen LogP contribution in [0.3, 0.4) is 0 Å². The van der Waals surface area contributed by atoms with E-state index in [4.69, 9.17) is 16.6 Å². The zero-order valence-corrected chi connectivity index (χ0v) is 12.4. The molecular formula is C19H11ClN2. The Balaban J connectivity index is 2.22. The van der Waals surface area contributed by atoms with Gasteiger partial charge in [-0.05, 0) is 41.8 Å². The second-order valence-electron chi connectivity index (χ2n) is 5.47. The standard InChI is InChI=1S/C19H11ClN2/c20-12-9-10-14-15(11-12)13-5-1-3-7-17(13)22-18-8-4-2-6-16(18)21-19(14)22/h1-11H. The van der Waals surface area contributed by atoms with Crippen molar-refractivity contribution >= 4 is 50.0 Å². The van der Waals surface area contributed by atoms with Gasteiger partial charge in [-0.25, -0.2) is 4.98 Å². The number of benzene rings is 3. The molecule has 0 aliphatic carbocycles. The van der Waals surface area contributed by atoms with Gasteiger partial charge in [0, 0.05) is 15.8 Å². The molecule has 0 saturated carbocycles. The number of halogens is 1. The molecule has 0 spiro atoms. The van der Waals surface area contributed by atoms with E-state index in [9.17, 15) is 0 Å². The van der Waals surface area contributed by atoms with Gasteiger partial charge >= 0.3 is 0 Å². The quantitative estimate of drug-likeness (QED) is 0.348. The Hall–Kier alpha value is -2.58. The van der Waals surface area contributed by atoms with Crippen molar-refractivity contribution in [1.82, 2.24) is 9.38 Å². The molecule has 0 atom stereocenters. The third-order valence-electron chi connectivity index (χ3n) is 4.22. The first-order valence-electron chi connectivity index (χ1n) is 7.20. The Morgan fingerprint density at radius 2 is 1.50 bits per heavy atom. The minimum Gasteiger partial charge on any atom is -0.292 e. The fourth-order valence-corrected chi connectivity index (χ4v) is 3.45. The van der Waals surface area contributed by atoms with Gasteiger partial charge in [0.2, 0.25) is 0 Å². The summed E-state index contributed by atoms with van der Waals surface area (Å²) in [6.07, 6.45) is 0. The summed E-state index contributed by atoms with van der Waals surface area (Å²) in [5.41, 5.74) is 4.27. The molecule has 5 rings (SSSR count). The molecule has 0 amide bonds. The van der Waals surface area contributed by atoms with Crippen LogP contribution < -0.4 is 0 Å². The van der Waals surface area contributed by atoms with Crippen LogP contribution in [0.4, 0.5) is 0 Å². The van der Waals surface area contributed by atoms with Crippen molar-refractivity contribution < 1.29 is 0 Å². The van der Waals surface area contributed by atoms with Gasteiger partial charge in [-0.2, -0.15) is 0 Å².